The van der Waals surface area contributed by atoms with Crippen molar-refractivity contribution in [1.82, 2.24) is 4.98 Å². The molecule has 3 nitrogen and oxygen atoms in total. The van der Waals surface area contributed by atoms with Gasteiger partial charge >= 0.3 is 5.63 Å². The van der Waals surface area contributed by atoms with E-state index in [4.69, 9.17) is 4.42 Å². The lowest BCUT2D eigenvalue weighted by Gasteiger charge is -1.96. The second-order valence-electron chi connectivity index (χ2n) is 2.68. The molecule has 2 aromatic rings. The molecule has 0 amide bonds. The number of fused-ring (bicyclic) bond motifs is 1. The lowest BCUT2D eigenvalue weighted by atomic mass is 10.2. The average Bonchev–Trinajstić information content (AvgIpc) is 2.02. The molecule has 4 heteroatoms. The standard InChI is InChI=1S/C9H6INO2/c1-5-11-8-4-6(10)2-3-7(8)9(12)13-5/h2-4H,1H3. The third kappa shape index (κ3) is 1.58. The smallest absolute Gasteiger partial charge is 0.346 e. The Bertz CT molecular complexity index is 513. The van der Waals surface area contributed by atoms with Crippen molar-refractivity contribution >= 4 is 33.5 Å². The van der Waals surface area contributed by atoms with Crippen LogP contribution in [-0.2, 0) is 0 Å². The Morgan fingerprint density at radius 1 is 1.46 bits per heavy atom. The first-order valence-electron chi connectivity index (χ1n) is 3.74. The van der Waals surface area contributed by atoms with Crippen LogP contribution in [0.15, 0.2) is 27.4 Å². The monoisotopic (exact) mass is 287 g/mol. The summed E-state index contributed by atoms with van der Waals surface area (Å²) in [5.74, 6) is 0.402. The zero-order valence-electron chi connectivity index (χ0n) is 6.87. The fraction of sp³-hybridized carbons (Fsp3) is 0.111. The van der Waals surface area contributed by atoms with E-state index in [1.165, 1.54) is 0 Å². The lowest BCUT2D eigenvalue weighted by Crippen LogP contribution is -2.02. The van der Waals surface area contributed by atoms with Crippen LogP contribution in [0.1, 0.15) is 5.89 Å². The normalized spacial score (nSPS) is 10.6. The van der Waals surface area contributed by atoms with Gasteiger partial charge in [-0.3, -0.25) is 0 Å². The van der Waals surface area contributed by atoms with Gasteiger partial charge in [-0.15, -0.1) is 0 Å². The van der Waals surface area contributed by atoms with Crippen molar-refractivity contribution in [3.8, 4) is 0 Å². The molecule has 0 bridgehead atoms. The van der Waals surface area contributed by atoms with E-state index in [1.54, 1.807) is 13.0 Å². The van der Waals surface area contributed by atoms with Crippen LogP contribution in [-0.4, -0.2) is 4.98 Å². The van der Waals surface area contributed by atoms with E-state index in [1.807, 2.05) is 12.1 Å². The number of rotatable bonds is 0. The van der Waals surface area contributed by atoms with Gasteiger partial charge in [0.05, 0.1) is 10.9 Å². The van der Waals surface area contributed by atoms with Crippen LogP contribution >= 0.6 is 22.6 Å². The van der Waals surface area contributed by atoms with Crippen LogP contribution < -0.4 is 5.63 Å². The second-order valence-corrected chi connectivity index (χ2v) is 3.93. The Kier molecular flexibility index (Phi) is 2.07. The summed E-state index contributed by atoms with van der Waals surface area (Å²) in [7, 11) is 0. The van der Waals surface area contributed by atoms with E-state index in [0.717, 1.165) is 3.57 Å². The van der Waals surface area contributed by atoms with Crippen molar-refractivity contribution < 1.29 is 4.42 Å². The van der Waals surface area contributed by atoms with Crippen molar-refractivity contribution in [2.45, 2.75) is 6.92 Å². The molecule has 1 aromatic heterocycles. The second kappa shape index (κ2) is 3.10. The molecule has 0 fully saturated rings. The molecule has 0 saturated heterocycles. The largest absolute Gasteiger partial charge is 0.408 e. The molecular formula is C9H6INO2. The van der Waals surface area contributed by atoms with Crippen molar-refractivity contribution in [2.24, 2.45) is 0 Å². The Morgan fingerprint density at radius 2 is 2.23 bits per heavy atom. The summed E-state index contributed by atoms with van der Waals surface area (Å²) >= 11 is 2.18. The number of hydrogen-bond acceptors (Lipinski definition) is 3. The van der Waals surface area contributed by atoms with Crippen molar-refractivity contribution in [3.05, 3.63) is 38.1 Å². The number of benzene rings is 1. The van der Waals surface area contributed by atoms with Crippen molar-refractivity contribution in [1.29, 1.82) is 0 Å². The molecule has 0 radical (unpaired) electrons. The van der Waals surface area contributed by atoms with Gasteiger partial charge < -0.3 is 4.42 Å². The van der Waals surface area contributed by atoms with Crippen LogP contribution in [0.3, 0.4) is 0 Å². The van der Waals surface area contributed by atoms with E-state index in [-0.39, 0.29) is 5.63 Å². The van der Waals surface area contributed by atoms with Gasteiger partial charge in [-0.2, -0.15) is 0 Å². The number of aromatic nitrogens is 1. The van der Waals surface area contributed by atoms with Gasteiger partial charge in [-0.25, -0.2) is 9.78 Å². The molecule has 0 aliphatic heterocycles. The minimum Gasteiger partial charge on any atom is -0.408 e. The third-order valence-corrected chi connectivity index (χ3v) is 2.37. The fourth-order valence-electron chi connectivity index (χ4n) is 1.15. The summed E-state index contributed by atoms with van der Waals surface area (Å²) in [4.78, 5) is 15.4. The molecule has 0 unspecified atom stereocenters. The maximum Gasteiger partial charge on any atom is 0.346 e. The number of halogens is 1. The minimum atomic E-state index is -0.320. The van der Waals surface area contributed by atoms with Gasteiger partial charge in [0.15, 0.2) is 5.89 Å². The summed E-state index contributed by atoms with van der Waals surface area (Å²) in [5.41, 5.74) is 0.375. The highest BCUT2D eigenvalue weighted by Crippen LogP contribution is 2.12. The molecule has 1 heterocycles. The van der Waals surface area contributed by atoms with Crippen LogP contribution in [0, 0.1) is 10.5 Å². The molecule has 0 atom stereocenters. The van der Waals surface area contributed by atoms with Gasteiger partial charge in [0, 0.05) is 10.5 Å². The first kappa shape index (κ1) is 8.68. The quantitative estimate of drug-likeness (QED) is 0.697. The fourth-order valence-corrected chi connectivity index (χ4v) is 1.63. The van der Waals surface area contributed by atoms with E-state index >= 15 is 0 Å². The Morgan fingerprint density at radius 3 is 3.00 bits per heavy atom. The van der Waals surface area contributed by atoms with E-state index in [2.05, 4.69) is 27.6 Å². The zero-order valence-corrected chi connectivity index (χ0v) is 9.03. The van der Waals surface area contributed by atoms with E-state index in [0.29, 0.717) is 16.8 Å². The summed E-state index contributed by atoms with van der Waals surface area (Å²) in [6.45, 7) is 1.67. The summed E-state index contributed by atoms with van der Waals surface area (Å²) in [5, 5.41) is 0.533. The lowest BCUT2D eigenvalue weighted by molar-refractivity contribution is 0.467. The van der Waals surface area contributed by atoms with E-state index in [9.17, 15) is 4.79 Å². The average molecular weight is 287 g/mol. The van der Waals surface area contributed by atoms with Gasteiger partial charge in [0.25, 0.3) is 0 Å². The predicted molar refractivity (Wildman–Crippen MR) is 57.7 cm³/mol. The molecular weight excluding hydrogens is 281 g/mol. The summed E-state index contributed by atoms with van der Waals surface area (Å²) < 4.78 is 5.92. The van der Waals surface area contributed by atoms with Crippen molar-refractivity contribution in [2.75, 3.05) is 0 Å². The van der Waals surface area contributed by atoms with Crippen LogP contribution in [0.4, 0.5) is 0 Å². The SMILES string of the molecule is Cc1nc2cc(I)ccc2c(=O)o1. The molecule has 13 heavy (non-hydrogen) atoms. The summed E-state index contributed by atoms with van der Waals surface area (Å²) in [6, 6.07) is 5.45. The maximum atomic E-state index is 11.3. The minimum absolute atomic E-state index is 0.320. The Balaban J connectivity index is 2.95. The first-order valence-corrected chi connectivity index (χ1v) is 4.82. The number of hydrogen-bond donors (Lipinski definition) is 0. The highest BCUT2D eigenvalue weighted by molar-refractivity contribution is 14.1. The molecule has 0 spiro atoms. The third-order valence-electron chi connectivity index (χ3n) is 1.70. The van der Waals surface area contributed by atoms with Gasteiger partial charge in [-0.05, 0) is 40.8 Å². The molecule has 0 N–H and O–H groups in total. The topological polar surface area (TPSA) is 43.1 Å². The highest BCUT2D eigenvalue weighted by Gasteiger charge is 2.02. The van der Waals surface area contributed by atoms with Crippen LogP contribution in [0.2, 0.25) is 0 Å². The number of aryl methyl sites for hydroxylation is 1. The molecule has 0 aliphatic rings. The Hall–Kier alpha value is -0.910. The maximum absolute atomic E-state index is 11.3. The van der Waals surface area contributed by atoms with Crippen LogP contribution in [0.5, 0.6) is 0 Å². The number of nitrogens with zero attached hydrogens (tertiary/aromatic N) is 1. The van der Waals surface area contributed by atoms with Gasteiger partial charge in [-0.1, -0.05) is 0 Å². The first-order chi connectivity index (χ1) is 6.16. The molecule has 66 valence electrons. The van der Waals surface area contributed by atoms with Gasteiger partial charge in [0.1, 0.15) is 0 Å². The van der Waals surface area contributed by atoms with E-state index < -0.39 is 0 Å². The Labute approximate surface area is 87.9 Å². The molecule has 0 aliphatic carbocycles. The molecule has 2 rings (SSSR count). The zero-order chi connectivity index (χ0) is 9.42. The molecule has 0 saturated carbocycles. The highest BCUT2D eigenvalue weighted by atomic mass is 127. The predicted octanol–water partition coefficient (Wildman–Crippen LogP) is 2.10. The van der Waals surface area contributed by atoms with Crippen molar-refractivity contribution in [3.63, 3.8) is 0 Å². The summed E-state index contributed by atoms with van der Waals surface area (Å²) in [6.07, 6.45) is 0. The van der Waals surface area contributed by atoms with Gasteiger partial charge in [0.2, 0.25) is 0 Å². The molecule has 1 aromatic carbocycles. The van der Waals surface area contributed by atoms with Crippen LogP contribution in [0.25, 0.3) is 10.9 Å².